The Morgan fingerprint density at radius 1 is 1.57 bits per heavy atom. The zero-order valence-electron chi connectivity index (χ0n) is 9.07. The lowest BCUT2D eigenvalue weighted by atomic mass is 10.1. The molecule has 0 amide bonds. The van der Waals surface area contributed by atoms with Crippen LogP contribution in [-0.2, 0) is 4.74 Å². The number of rotatable bonds is 6. The largest absolute Gasteiger partial charge is 0.396 e. The first-order valence-electron chi connectivity index (χ1n) is 5.39. The van der Waals surface area contributed by atoms with E-state index in [1.165, 1.54) is 0 Å². The van der Waals surface area contributed by atoms with E-state index in [1.54, 1.807) is 0 Å². The summed E-state index contributed by atoms with van der Waals surface area (Å²) >= 11 is 0. The molecule has 0 radical (unpaired) electrons. The highest BCUT2D eigenvalue weighted by molar-refractivity contribution is 5.06. The lowest BCUT2D eigenvalue weighted by Gasteiger charge is -2.18. The van der Waals surface area contributed by atoms with Gasteiger partial charge in [-0.25, -0.2) is 0 Å². The molecule has 0 saturated carbocycles. The van der Waals surface area contributed by atoms with Gasteiger partial charge >= 0.3 is 0 Å². The van der Waals surface area contributed by atoms with Crippen LogP contribution in [0, 0.1) is 5.92 Å². The number of aliphatic hydroxyl groups is 1. The second-order valence-electron chi connectivity index (χ2n) is 3.90. The van der Waals surface area contributed by atoms with Gasteiger partial charge in [-0.1, -0.05) is 12.2 Å². The normalized spacial score (nSPS) is 28.2. The fourth-order valence-electron chi connectivity index (χ4n) is 1.74. The second-order valence-corrected chi connectivity index (χ2v) is 3.90. The molecule has 2 N–H and O–H groups in total. The summed E-state index contributed by atoms with van der Waals surface area (Å²) in [4.78, 5) is 0. The van der Waals surface area contributed by atoms with Crippen molar-refractivity contribution in [3.05, 3.63) is 12.2 Å². The highest BCUT2D eigenvalue weighted by Crippen LogP contribution is 2.17. The molecule has 0 fully saturated rings. The third-order valence-corrected chi connectivity index (χ3v) is 2.48. The van der Waals surface area contributed by atoms with Gasteiger partial charge in [-0.05, 0) is 20.3 Å². The molecule has 0 aliphatic heterocycles. The van der Waals surface area contributed by atoms with Crippen molar-refractivity contribution in [2.45, 2.75) is 32.4 Å². The van der Waals surface area contributed by atoms with Gasteiger partial charge < -0.3 is 15.2 Å². The lowest BCUT2D eigenvalue weighted by Crippen LogP contribution is -2.37. The van der Waals surface area contributed by atoms with E-state index in [9.17, 15) is 0 Å². The number of aliphatic hydroxyl groups excluding tert-OH is 1. The molecule has 1 aliphatic rings. The van der Waals surface area contributed by atoms with Gasteiger partial charge in [0.15, 0.2) is 0 Å². The van der Waals surface area contributed by atoms with Crippen molar-refractivity contribution < 1.29 is 9.84 Å². The summed E-state index contributed by atoms with van der Waals surface area (Å²) in [5.74, 6) is 0.340. The first-order valence-corrected chi connectivity index (χ1v) is 5.39. The van der Waals surface area contributed by atoms with Crippen LogP contribution in [0.5, 0.6) is 0 Å². The smallest absolute Gasteiger partial charge is 0.0616 e. The van der Waals surface area contributed by atoms with Crippen LogP contribution in [0.15, 0.2) is 12.2 Å². The zero-order chi connectivity index (χ0) is 10.4. The van der Waals surface area contributed by atoms with Crippen LogP contribution in [0.2, 0.25) is 0 Å². The van der Waals surface area contributed by atoms with Crippen molar-refractivity contribution in [2.75, 3.05) is 19.8 Å². The van der Waals surface area contributed by atoms with Crippen LogP contribution in [-0.4, -0.2) is 37.0 Å². The molecule has 1 aliphatic carbocycles. The average Bonchev–Trinajstić information content (AvgIpc) is 2.62. The molecule has 0 spiro atoms. The minimum Gasteiger partial charge on any atom is -0.396 e. The molecule has 3 heteroatoms. The monoisotopic (exact) mass is 199 g/mol. The SMILES string of the molecule is CCOCC(C)N[C@@H]1C=C[C@H](CO)C1. The standard InChI is InChI=1S/C11H21NO2/c1-3-14-8-9(2)12-11-5-4-10(6-11)7-13/h4-5,9-13H,3,6-8H2,1-2H3/t9?,10-,11+/m0/s1. The fraction of sp³-hybridized carbons (Fsp3) is 0.818. The van der Waals surface area contributed by atoms with Crippen molar-refractivity contribution in [1.82, 2.24) is 5.32 Å². The van der Waals surface area contributed by atoms with Crippen molar-refractivity contribution in [3.63, 3.8) is 0 Å². The summed E-state index contributed by atoms with van der Waals surface area (Å²) in [7, 11) is 0. The van der Waals surface area contributed by atoms with Crippen molar-refractivity contribution in [3.8, 4) is 0 Å². The van der Waals surface area contributed by atoms with Crippen LogP contribution in [0.25, 0.3) is 0 Å². The van der Waals surface area contributed by atoms with E-state index in [2.05, 4.69) is 24.4 Å². The first kappa shape index (κ1) is 11.7. The maximum atomic E-state index is 8.96. The van der Waals surface area contributed by atoms with E-state index in [4.69, 9.17) is 9.84 Å². The van der Waals surface area contributed by atoms with Crippen molar-refractivity contribution in [2.24, 2.45) is 5.92 Å². The van der Waals surface area contributed by atoms with E-state index in [0.717, 1.165) is 19.6 Å². The minimum atomic E-state index is 0.258. The molecule has 0 saturated heterocycles. The molecule has 1 unspecified atom stereocenters. The molecule has 0 aromatic rings. The average molecular weight is 199 g/mol. The summed E-state index contributed by atoms with van der Waals surface area (Å²) in [5, 5.41) is 12.4. The van der Waals surface area contributed by atoms with Crippen LogP contribution >= 0.6 is 0 Å². The molecule has 3 nitrogen and oxygen atoms in total. The molecule has 0 aromatic carbocycles. The lowest BCUT2D eigenvalue weighted by molar-refractivity contribution is 0.124. The Hall–Kier alpha value is -0.380. The Balaban J connectivity index is 2.16. The molecule has 1 rings (SSSR count). The molecule has 14 heavy (non-hydrogen) atoms. The van der Waals surface area contributed by atoms with Crippen molar-refractivity contribution >= 4 is 0 Å². The molecule has 0 aromatic heterocycles. The Kier molecular flexibility index (Phi) is 5.15. The van der Waals surface area contributed by atoms with E-state index < -0.39 is 0 Å². The van der Waals surface area contributed by atoms with E-state index in [-0.39, 0.29) is 6.61 Å². The zero-order valence-corrected chi connectivity index (χ0v) is 9.07. The summed E-state index contributed by atoms with van der Waals surface area (Å²) in [5.41, 5.74) is 0. The molecular formula is C11H21NO2. The topological polar surface area (TPSA) is 41.5 Å². The summed E-state index contributed by atoms with van der Waals surface area (Å²) in [6.07, 6.45) is 5.24. The van der Waals surface area contributed by atoms with Gasteiger partial charge in [-0.3, -0.25) is 0 Å². The molecular weight excluding hydrogens is 178 g/mol. The molecule has 0 bridgehead atoms. The number of nitrogens with one attached hydrogen (secondary N) is 1. The molecule has 82 valence electrons. The predicted molar refractivity (Wildman–Crippen MR) is 57.2 cm³/mol. The van der Waals surface area contributed by atoms with Crippen LogP contribution in [0.4, 0.5) is 0 Å². The van der Waals surface area contributed by atoms with E-state index >= 15 is 0 Å². The predicted octanol–water partition coefficient (Wildman–Crippen LogP) is 0.938. The Morgan fingerprint density at radius 2 is 2.36 bits per heavy atom. The van der Waals surface area contributed by atoms with Gasteiger partial charge in [0.2, 0.25) is 0 Å². The Morgan fingerprint density at radius 3 is 2.93 bits per heavy atom. The number of hydrogen-bond donors (Lipinski definition) is 2. The van der Waals surface area contributed by atoms with Gasteiger partial charge in [0.1, 0.15) is 0 Å². The van der Waals surface area contributed by atoms with Gasteiger partial charge in [0.05, 0.1) is 6.61 Å². The summed E-state index contributed by atoms with van der Waals surface area (Å²) < 4.78 is 5.32. The van der Waals surface area contributed by atoms with Crippen LogP contribution < -0.4 is 5.32 Å². The van der Waals surface area contributed by atoms with Gasteiger partial charge in [-0.15, -0.1) is 0 Å². The van der Waals surface area contributed by atoms with Crippen LogP contribution in [0.1, 0.15) is 20.3 Å². The fourth-order valence-corrected chi connectivity index (χ4v) is 1.74. The van der Waals surface area contributed by atoms with Crippen molar-refractivity contribution in [1.29, 1.82) is 0 Å². The van der Waals surface area contributed by atoms with Gasteiger partial charge in [0.25, 0.3) is 0 Å². The highest BCUT2D eigenvalue weighted by Gasteiger charge is 2.19. The quantitative estimate of drug-likeness (QED) is 0.626. The Labute approximate surface area is 86.2 Å². The van der Waals surface area contributed by atoms with E-state index in [1.807, 2.05) is 6.92 Å². The molecule has 3 atom stereocenters. The second kappa shape index (κ2) is 6.17. The number of hydrogen-bond acceptors (Lipinski definition) is 3. The highest BCUT2D eigenvalue weighted by atomic mass is 16.5. The Bertz CT molecular complexity index is 182. The molecule has 0 heterocycles. The third kappa shape index (κ3) is 3.78. The minimum absolute atomic E-state index is 0.258. The first-order chi connectivity index (χ1) is 6.76. The van der Waals surface area contributed by atoms with Gasteiger partial charge in [0, 0.05) is 31.2 Å². The van der Waals surface area contributed by atoms with E-state index in [0.29, 0.717) is 18.0 Å². The summed E-state index contributed by atoms with van der Waals surface area (Å²) in [6, 6.07) is 0.782. The summed E-state index contributed by atoms with van der Waals surface area (Å²) in [6.45, 7) is 5.91. The maximum Gasteiger partial charge on any atom is 0.0616 e. The van der Waals surface area contributed by atoms with Gasteiger partial charge in [-0.2, -0.15) is 0 Å². The maximum absolute atomic E-state index is 8.96. The number of ether oxygens (including phenoxy) is 1. The van der Waals surface area contributed by atoms with Crippen LogP contribution in [0.3, 0.4) is 0 Å². The third-order valence-electron chi connectivity index (χ3n) is 2.48.